The highest BCUT2D eigenvalue weighted by Gasteiger charge is 2.37. The summed E-state index contributed by atoms with van der Waals surface area (Å²) < 4.78 is 0. The summed E-state index contributed by atoms with van der Waals surface area (Å²) in [6.07, 6.45) is 6.68. The normalized spacial score (nSPS) is 32.0. The van der Waals surface area contributed by atoms with Crippen LogP contribution in [0, 0.1) is 5.41 Å². The summed E-state index contributed by atoms with van der Waals surface area (Å²) in [7, 11) is 0. The molecule has 2 rings (SSSR count). The van der Waals surface area contributed by atoms with Gasteiger partial charge in [0.1, 0.15) is 0 Å². The van der Waals surface area contributed by atoms with Gasteiger partial charge >= 0.3 is 0 Å². The number of nitrogens with zero attached hydrogens (tertiary/aromatic N) is 1. The zero-order chi connectivity index (χ0) is 9.47. The van der Waals surface area contributed by atoms with Gasteiger partial charge < -0.3 is 4.90 Å². The lowest BCUT2D eigenvalue weighted by Gasteiger charge is -2.27. The zero-order valence-electron chi connectivity index (χ0n) is 8.21. The SMILES string of the molecule is CCN1CCC2(C)C=CC(=O)C=C12. The lowest BCUT2D eigenvalue weighted by Crippen LogP contribution is -2.24. The molecule has 1 heterocycles. The molecule has 0 radical (unpaired) electrons. The van der Waals surface area contributed by atoms with Crippen molar-refractivity contribution in [1.29, 1.82) is 0 Å². The predicted octanol–water partition coefficient (Wildman–Crippen LogP) is 1.74. The minimum atomic E-state index is 0.129. The van der Waals surface area contributed by atoms with Gasteiger partial charge in [-0.15, -0.1) is 0 Å². The fourth-order valence-corrected chi connectivity index (χ4v) is 2.18. The summed E-state index contributed by atoms with van der Waals surface area (Å²) in [6.45, 7) is 6.42. The molecule has 2 aliphatic rings. The van der Waals surface area contributed by atoms with Crippen LogP contribution in [-0.2, 0) is 4.79 Å². The van der Waals surface area contributed by atoms with Crippen molar-refractivity contribution in [2.45, 2.75) is 20.3 Å². The molecule has 0 saturated carbocycles. The van der Waals surface area contributed by atoms with Crippen LogP contribution in [-0.4, -0.2) is 23.8 Å². The average Bonchev–Trinajstić information content (AvgIpc) is 2.43. The van der Waals surface area contributed by atoms with E-state index in [2.05, 4.69) is 24.8 Å². The predicted molar refractivity (Wildman–Crippen MR) is 52.2 cm³/mol. The molecule has 1 aliphatic heterocycles. The van der Waals surface area contributed by atoms with Crippen molar-refractivity contribution in [2.24, 2.45) is 5.41 Å². The maximum atomic E-state index is 11.2. The molecule has 1 aliphatic carbocycles. The van der Waals surface area contributed by atoms with Crippen molar-refractivity contribution in [3.8, 4) is 0 Å². The minimum absolute atomic E-state index is 0.129. The molecule has 2 nitrogen and oxygen atoms in total. The third kappa shape index (κ3) is 1.21. The fraction of sp³-hybridized carbons (Fsp3) is 0.545. The number of carbonyl (C=O) groups is 1. The van der Waals surface area contributed by atoms with Gasteiger partial charge in [0, 0.05) is 30.3 Å². The second kappa shape index (κ2) is 2.72. The quantitative estimate of drug-likeness (QED) is 0.608. The van der Waals surface area contributed by atoms with Crippen LogP contribution in [0.1, 0.15) is 20.3 Å². The van der Waals surface area contributed by atoms with Crippen LogP contribution < -0.4 is 0 Å². The number of allylic oxidation sites excluding steroid dienone is 3. The Balaban J connectivity index is 2.37. The van der Waals surface area contributed by atoms with Gasteiger partial charge in [-0.2, -0.15) is 0 Å². The molecule has 0 amide bonds. The molecular formula is C11H15NO. The van der Waals surface area contributed by atoms with Crippen LogP contribution in [0.5, 0.6) is 0 Å². The van der Waals surface area contributed by atoms with E-state index in [4.69, 9.17) is 0 Å². The molecule has 1 saturated heterocycles. The molecule has 1 unspecified atom stereocenters. The molecule has 0 bridgehead atoms. The molecule has 0 spiro atoms. The number of likely N-dealkylation sites (tertiary alicyclic amines) is 1. The molecule has 1 fully saturated rings. The Bertz CT molecular complexity index is 303. The highest BCUT2D eigenvalue weighted by Crippen LogP contribution is 2.42. The Morgan fingerprint density at radius 1 is 1.62 bits per heavy atom. The van der Waals surface area contributed by atoms with Gasteiger partial charge in [-0.05, 0) is 19.4 Å². The van der Waals surface area contributed by atoms with E-state index in [-0.39, 0.29) is 11.2 Å². The summed E-state index contributed by atoms with van der Waals surface area (Å²) in [5, 5.41) is 0. The van der Waals surface area contributed by atoms with E-state index < -0.39 is 0 Å². The number of fused-ring (bicyclic) bond motifs is 1. The summed E-state index contributed by atoms with van der Waals surface area (Å²) in [6, 6.07) is 0. The van der Waals surface area contributed by atoms with Crippen LogP contribution in [0.4, 0.5) is 0 Å². The standard InChI is InChI=1S/C11H15NO/c1-3-12-7-6-11(2)5-4-9(13)8-10(11)12/h4-5,8H,3,6-7H2,1-2H3. The third-order valence-electron chi connectivity index (χ3n) is 3.10. The van der Waals surface area contributed by atoms with Gasteiger partial charge in [-0.1, -0.05) is 13.0 Å². The van der Waals surface area contributed by atoms with E-state index in [9.17, 15) is 4.79 Å². The molecule has 0 aromatic rings. The monoisotopic (exact) mass is 177 g/mol. The Hall–Kier alpha value is -1.05. The van der Waals surface area contributed by atoms with E-state index in [1.54, 1.807) is 12.2 Å². The summed E-state index contributed by atoms with van der Waals surface area (Å²) >= 11 is 0. The van der Waals surface area contributed by atoms with Gasteiger partial charge in [0.25, 0.3) is 0 Å². The smallest absolute Gasteiger partial charge is 0.180 e. The molecule has 70 valence electrons. The Kier molecular flexibility index (Phi) is 1.79. The van der Waals surface area contributed by atoms with Crippen molar-refractivity contribution in [1.82, 2.24) is 4.90 Å². The zero-order valence-corrected chi connectivity index (χ0v) is 8.21. The van der Waals surface area contributed by atoms with Crippen molar-refractivity contribution in [3.05, 3.63) is 23.9 Å². The lowest BCUT2D eigenvalue weighted by atomic mass is 9.82. The Morgan fingerprint density at radius 3 is 3.08 bits per heavy atom. The highest BCUT2D eigenvalue weighted by molar-refractivity contribution is 6.01. The van der Waals surface area contributed by atoms with E-state index in [0.717, 1.165) is 19.5 Å². The minimum Gasteiger partial charge on any atom is -0.374 e. The van der Waals surface area contributed by atoms with Crippen LogP contribution in [0.15, 0.2) is 23.9 Å². The topological polar surface area (TPSA) is 20.3 Å². The second-order valence-electron chi connectivity index (χ2n) is 4.01. The summed E-state index contributed by atoms with van der Waals surface area (Å²) in [5.74, 6) is 0.132. The second-order valence-corrected chi connectivity index (χ2v) is 4.01. The van der Waals surface area contributed by atoms with E-state index >= 15 is 0 Å². The number of carbonyl (C=O) groups excluding carboxylic acids is 1. The van der Waals surface area contributed by atoms with Crippen LogP contribution in [0.3, 0.4) is 0 Å². The van der Waals surface area contributed by atoms with Crippen LogP contribution in [0.2, 0.25) is 0 Å². The number of ketones is 1. The number of hydrogen-bond acceptors (Lipinski definition) is 2. The van der Waals surface area contributed by atoms with Crippen molar-refractivity contribution < 1.29 is 4.79 Å². The van der Waals surface area contributed by atoms with Crippen LogP contribution >= 0.6 is 0 Å². The largest absolute Gasteiger partial charge is 0.374 e. The maximum Gasteiger partial charge on any atom is 0.180 e. The number of hydrogen-bond donors (Lipinski definition) is 0. The molecule has 13 heavy (non-hydrogen) atoms. The van der Waals surface area contributed by atoms with Gasteiger partial charge in [-0.3, -0.25) is 4.79 Å². The fourth-order valence-electron chi connectivity index (χ4n) is 2.18. The molecule has 0 aromatic heterocycles. The van der Waals surface area contributed by atoms with E-state index in [0.29, 0.717) is 0 Å². The molecule has 0 N–H and O–H groups in total. The highest BCUT2D eigenvalue weighted by atomic mass is 16.1. The molecule has 0 aromatic carbocycles. The van der Waals surface area contributed by atoms with Gasteiger partial charge in [-0.25, -0.2) is 0 Å². The lowest BCUT2D eigenvalue weighted by molar-refractivity contribution is -0.110. The van der Waals surface area contributed by atoms with Gasteiger partial charge in [0.2, 0.25) is 0 Å². The first-order valence-corrected chi connectivity index (χ1v) is 4.86. The average molecular weight is 177 g/mol. The molecule has 1 atom stereocenters. The molecule has 2 heteroatoms. The first-order valence-electron chi connectivity index (χ1n) is 4.86. The summed E-state index contributed by atoms with van der Waals surface area (Å²) in [4.78, 5) is 13.5. The number of rotatable bonds is 1. The Labute approximate surface area is 78.9 Å². The van der Waals surface area contributed by atoms with Crippen LogP contribution in [0.25, 0.3) is 0 Å². The Morgan fingerprint density at radius 2 is 2.38 bits per heavy atom. The van der Waals surface area contributed by atoms with E-state index in [1.165, 1.54) is 5.70 Å². The first kappa shape index (κ1) is 8.54. The maximum absolute atomic E-state index is 11.2. The first-order chi connectivity index (χ1) is 6.15. The van der Waals surface area contributed by atoms with Crippen molar-refractivity contribution >= 4 is 5.78 Å². The van der Waals surface area contributed by atoms with Crippen molar-refractivity contribution in [3.63, 3.8) is 0 Å². The summed E-state index contributed by atoms with van der Waals surface area (Å²) in [5.41, 5.74) is 1.34. The van der Waals surface area contributed by atoms with E-state index in [1.807, 2.05) is 0 Å². The van der Waals surface area contributed by atoms with Gasteiger partial charge in [0.15, 0.2) is 5.78 Å². The van der Waals surface area contributed by atoms with Gasteiger partial charge in [0.05, 0.1) is 0 Å². The van der Waals surface area contributed by atoms with Crippen molar-refractivity contribution in [2.75, 3.05) is 13.1 Å². The molecular weight excluding hydrogens is 162 g/mol. The third-order valence-corrected chi connectivity index (χ3v) is 3.10.